The van der Waals surface area contributed by atoms with Crippen molar-refractivity contribution in [2.45, 2.75) is 26.2 Å². The van der Waals surface area contributed by atoms with Gasteiger partial charge in [0.15, 0.2) is 5.78 Å². The van der Waals surface area contributed by atoms with Crippen LogP contribution in [0.25, 0.3) is 0 Å². The van der Waals surface area contributed by atoms with Crippen molar-refractivity contribution in [3.05, 3.63) is 29.8 Å². The summed E-state index contributed by atoms with van der Waals surface area (Å²) in [5.74, 6) is -0.386. The predicted octanol–water partition coefficient (Wildman–Crippen LogP) is 2.93. The molecule has 0 unspecified atom stereocenters. The van der Waals surface area contributed by atoms with Gasteiger partial charge in [-0.3, -0.25) is 9.59 Å². The molecule has 0 heterocycles. The van der Waals surface area contributed by atoms with Gasteiger partial charge in [0.05, 0.1) is 11.8 Å². The molecule has 1 amide bonds. The van der Waals surface area contributed by atoms with Gasteiger partial charge in [0, 0.05) is 5.69 Å². The van der Waals surface area contributed by atoms with Crippen LogP contribution < -0.4 is 5.32 Å². The van der Waals surface area contributed by atoms with Crippen molar-refractivity contribution < 1.29 is 9.59 Å². The highest BCUT2D eigenvalue weighted by atomic mass is 79.9. The van der Waals surface area contributed by atoms with Crippen LogP contribution in [-0.4, -0.2) is 17.0 Å². The van der Waals surface area contributed by atoms with Crippen LogP contribution in [0.5, 0.6) is 0 Å². The van der Waals surface area contributed by atoms with Gasteiger partial charge in [0.1, 0.15) is 0 Å². The third kappa shape index (κ3) is 5.13. The fourth-order valence-electron chi connectivity index (χ4n) is 1.47. The summed E-state index contributed by atoms with van der Waals surface area (Å²) < 4.78 is 0. The number of carbonyl (C=O) groups excluding carboxylic acids is 2. The molecule has 1 rings (SSSR count). The molecular weight excluding hydrogens is 282 g/mol. The standard InChI is InChI=1S/C13H16BrNO2/c1-2-3-10-4-6-11(7-5-10)15-13(17)8-12(16)9-14/h4-7H,2-3,8-9H2,1H3,(H,15,17). The quantitative estimate of drug-likeness (QED) is 0.648. The molecular formula is C13H16BrNO2. The van der Waals surface area contributed by atoms with Crippen molar-refractivity contribution in [1.82, 2.24) is 0 Å². The maximum atomic E-state index is 11.4. The van der Waals surface area contributed by atoms with Gasteiger partial charge in [-0.25, -0.2) is 0 Å². The van der Waals surface area contributed by atoms with Gasteiger partial charge in [-0.05, 0) is 24.1 Å². The molecule has 0 aromatic heterocycles. The number of ketones is 1. The summed E-state index contributed by atoms with van der Waals surface area (Å²) in [6.07, 6.45) is 2.06. The summed E-state index contributed by atoms with van der Waals surface area (Å²) in [6, 6.07) is 7.71. The zero-order valence-corrected chi connectivity index (χ0v) is 11.4. The predicted molar refractivity (Wildman–Crippen MR) is 72.5 cm³/mol. The van der Waals surface area contributed by atoms with Gasteiger partial charge in [0.25, 0.3) is 0 Å². The molecule has 0 atom stereocenters. The van der Waals surface area contributed by atoms with Crippen molar-refractivity contribution in [3.8, 4) is 0 Å². The lowest BCUT2D eigenvalue weighted by Crippen LogP contribution is -2.16. The van der Waals surface area contributed by atoms with E-state index in [-0.39, 0.29) is 23.4 Å². The van der Waals surface area contributed by atoms with Crippen LogP contribution in [-0.2, 0) is 16.0 Å². The summed E-state index contributed by atoms with van der Waals surface area (Å²) in [6.45, 7) is 2.13. The van der Waals surface area contributed by atoms with Crippen LogP contribution in [0.15, 0.2) is 24.3 Å². The second kappa shape index (κ2) is 7.22. The number of aryl methyl sites for hydroxylation is 1. The summed E-state index contributed by atoms with van der Waals surface area (Å²) in [5, 5.41) is 2.91. The molecule has 0 aliphatic carbocycles. The zero-order valence-electron chi connectivity index (χ0n) is 9.83. The van der Waals surface area contributed by atoms with E-state index < -0.39 is 0 Å². The monoisotopic (exact) mass is 297 g/mol. The Morgan fingerprint density at radius 1 is 1.24 bits per heavy atom. The zero-order chi connectivity index (χ0) is 12.7. The summed E-state index contributed by atoms with van der Waals surface area (Å²) in [4.78, 5) is 22.5. The Kier molecular flexibility index (Phi) is 5.91. The van der Waals surface area contributed by atoms with E-state index in [1.165, 1.54) is 5.56 Å². The molecule has 4 heteroatoms. The first-order valence-corrected chi connectivity index (χ1v) is 6.74. The van der Waals surface area contributed by atoms with Crippen molar-refractivity contribution in [2.75, 3.05) is 10.6 Å². The molecule has 0 spiro atoms. The van der Waals surface area contributed by atoms with Crippen LogP contribution in [0.4, 0.5) is 5.69 Å². The number of carbonyl (C=O) groups is 2. The summed E-state index contributed by atoms with van der Waals surface area (Å²) in [7, 11) is 0. The molecule has 0 radical (unpaired) electrons. The third-order valence-electron chi connectivity index (χ3n) is 2.28. The second-order valence-corrected chi connectivity index (χ2v) is 4.40. The maximum Gasteiger partial charge on any atom is 0.231 e. The average Bonchev–Trinajstić information content (AvgIpc) is 2.31. The molecule has 0 fully saturated rings. The Hall–Kier alpha value is -1.16. The van der Waals surface area contributed by atoms with Crippen molar-refractivity contribution in [3.63, 3.8) is 0 Å². The largest absolute Gasteiger partial charge is 0.326 e. The smallest absolute Gasteiger partial charge is 0.231 e. The summed E-state index contributed by atoms with van der Waals surface area (Å²) >= 11 is 3.03. The number of nitrogens with one attached hydrogen (secondary N) is 1. The molecule has 0 aliphatic rings. The Morgan fingerprint density at radius 3 is 2.41 bits per heavy atom. The van der Waals surface area contributed by atoms with Crippen LogP contribution in [0.1, 0.15) is 25.3 Å². The molecule has 17 heavy (non-hydrogen) atoms. The Morgan fingerprint density at radius 2 is 1.88 bits per heavy atom. The highest BCUT2D eigenvalue weighted by Crippen LogP contribution is 2.11. The minimum Gasteiger partial charge on any atom is -0.326 e. The lowest BCUT2D eigenvalue weighted by Gasteiger charge is -2.05. The third-order valence-corrected chi connectivity index (χ3v) is 2.91. The van der Waals surface area contributed by atoms with Gasteiger partial charge in [0.2, 0.25) is 5.91 Å². The number of amides is 1. The fraction of sp³-hybridized carbons (Fsp3) is 0.385. The lowest BCUT2D eigenvalue weighted by molar-refractivity contribution is -0.123. The van der Waals surface area contributed by atoms with E-state index in [2.05, 4.69) is 28.2 Å². The number of alkyl halides is 1. The minimum atomic E-state index is -0.266. The number of Topliss-reactive ketones (excluding diaryl/α,β-unsaturated/α-hetero) is 1. The number of halogens is 1. The highest BCUT2D eigenvalue weighted by molar-refractivity contribution is 9.09. The van der Waals surface area contributed by atoms with Crippen molar-refractivity contribution >= 4 is 33.3 Å². The molecule has 3 nitrogen and oxygen atoms in total. The number of anilines is 1. The van der Waals surface area contributed by atoms with E-state index in [9.17, 15) is 9.59 Å². The SMILES string of the molecule is CCCc1ccc(NC(=O)CC(=O)CBr)cc1. The molecule has 1 aromatic carbocycles. The van der Waals surface area contributed by atoms with Crippen LogP contribution in [0.2, 0.25) is 0 Å². The molecule has 1 aromatic rings. The molecule has 0 saturated carbocycles. The van der Waals surface area contributed by atoms with Gasteiger partial charge >= 0.3 is 0 Å². The first-order valence-electron chi connectivity index (χ1n) is 5.62. The first-order chi connectivity index (χ1) is 8.15. The lowest BCUT2D eigenvalue weighted by atomic mass is 10.1. The minimum absolute atomic E-state index is 0.0814. The molecule has 0 aliphatic heterocycles. The van der Waals surface area contributed by atoms with Gasteiger partial charge in [-0.2, -0.15) is 0 Å². The van der Waals surface area contributed by atoms with Crippen LogP contribution in [0, 0.1) is 0 Å². The van der Waals surface area contributed by atoms with Gasteiger partial charge < -0.3 is 5.32 Å². The van der Waals surface area contributed by atoms with Crippen LogP contribution in [0.3, 0.4) is 0 Å². The van der Waals surface area contributed by atoms with E-state index in [1.807, 2.05) is 24.3 Å². The number of rotatable bonds is 6. The molecule has 1 N–H and O–H groups in total. The van der Waals surface area contributed by atoms with Crippen LogP contribution >= 0.6 is 15.9 Å². The van der Waals surface area contributed by atoms with Gasteiger partial charge in [-0.1, -0.05) is 41.4 Å². The summed E-state index contributed by atoms with van der Waals surface area (Å²) in [5.41, 5.74) is 1.99. The van der Waals surface area contributed by atoms with E-state index in [0.717, 1.165) is 18.5 Å². The number of hydrogen-bond donors (Lipinski definition) is 1. The highest BCUT2D eigenvalue weighted by Gasteiger charge is 2.07. The molecule has 92 valence electrons. The van der Waals surface area contributed by atoms with Crippen molar-refractivity contribution in [2.24, 2.45) is 0 Å². The molecule has 0 saturated heterocycles. The topological polar surface area (TPSA) is 46.2 Å². The number of benzene rings is 1. The van der Waals surface area contributed by atoms with E-state index in [1.54, 1.807) is 0 Å². The Labute approximate surface area is 110 Å². The number of hydrogen-bond acceptors (Lipinski definition) is 2. The molecule has 0 bridgehead atoms. The van der Waals surface area contributed by atoms with E-state index in [0.29, 0.717) is 0 Å². The van der Waals surface area contributed by atoms with Gasteiger partial charge in [-0.15, -0.1) is 0 Å². The Balaban J connectivity index is 2.51. The second-order valence-electron chi connectivity index (χ2n) is 3.84. The average molecular weight is 298 g/mol. The Bertz CT molecular complexity index is 387. The fourth-order valence-corrected chi connectivity index (χ4v) is 1.67. The maximum absolute atomic E-state index is 11.4. The normalized spacial score (nSPS) is 10.0. The van der Waals surface area contributed by atoms with E-state index >= 15 is 0 Å². The van der Waals surface area contributed by atoms with Crippen molar-refractivity contribution in [1.29, 1.82) is 0 Å². The van der Waals surface area contributed by atoms with E-state index in [4.69, 9.17) is 0 Å². The first kappa shape index (κ1) is 13.9.